The molecule has 1 aromatic carbocycles. The van der Waals surface area contributed by atoms with Crippen molar-refractivity contribution in [1.29, 1.82) is 0 Å². The molecule has 2 heterocycles. The van der Waals surface area contributed by atoms with Crippen molar-refractivity contribution in [1.82, 2.24) is 15.3 Å². The first-order valence-electron chi connectivity index (χ1n) is 10.1. The van der Waals surface area contributed by atoms with E-state index in [4.69, 9.17) is 5.73 Å². The van der Waals surface area contributed by atoms with Gasteiger partial charge in [-0.25, -0.2) is 14.8 Å². The zero-order valence-corrected chi connectivity index (χ0v) is 16.4. The normalized spacial score (nSPS) is 19.5. The molecule has 3 aliphatic rings. The molecule has 2 saturated carbocycles. The van der Waals surface area contributed by atoms with E-state index >= 15 is 0 Å². The Hall–Kier alpha value is -3.16. The fraction of sp³-hybridized carbons (Fsp3) is 0.429. The molecule has 8 heteroatoms. The van der Waals surface area contributed by atoms with Crippen molar-refractivity contribution in [2.45, 2.75) is 57.0 Å². The van der Waals surface area contributed by atoms with Gasteiger partial charge in [-0.15, -0.1) is 0 Å². The van der Waals surface area contributed by atoms with Crippen LogP contribution in [-0.4, -0.2) is 27.9 Å². The van der Waals surface area contributed by atoms with E-state index in [2.05, 4.69) is 20.6 Å². The first kappa shape index (κ1) is 17.9. The van der Waals surface area contributed by atoms with Crippen LogP contribution in [0.1, 0.15) is 48.9 Å². The van der Waals surface area contributed by atoms with Gasteiger partial charge in [0.1, 0.15) is 0 Å². The largest absolute Gasteiger partial charge is 0.368 e. The Morgan fingerprint density at radius 2 is 2.10 bits per heavy atom. The van der Waals surface area contributed by atoms with Gasteiger partial charge in [0.15, 0.2) is 0 Å². The molecule has 0 saturated heterocycles. The van der Waals surface area contributed by atoms with Crippen molar-refractivity contribution < 1.29 is 9.59 Å². The number of hydrogen-bond donors (Lipinski definition) is 3. The Kier molecular flexibility index (Phi) is 3.97. The smallest absolute Gasteiger partial charge is 0.319 e. The molecule has 0 radical (unpaired) electrons. The number of hydrogen-bond acceptors (Lipinski definition) is 5. The Morgan fingerprint density at radius 3 is 2.79 bits per heavy atom. The van der Waals surface area contributed by atoms with Crippen LogP contribution in [0.15, 0.2) is 24.4 Å². The number of nitrogens with zero attached hydrogens (tertiary/aromatic N) is 3. The third-order valence-corrected chi connectivity index (χ3v) is 6.27. The number of nitrogens with one attached hydrogen (secondary N) is 2. The van der Waals surface area contributed by atoms with Crippen molar-refractivity contribution in [2.24, 2.45) is 0 Å². The van der Waals surface area contributed by atoms with E-state index in [1.807, 2.05) is 25.1 Å². The summed E-state index contributed by atoms with van der Waals surface area (Å²) in [5, 5.41) is 5.87. The van der Waals surface area contributed by atoms with Crippen LogP contribution < -0.4 is 21.3 Å². The summed E-state index contributed by atoms with van der Waals surface area (Å²) in [5.41, 5.74) is 9.32. The van der Waals surface area contributed by atoms with Crippen LogP contribution in [0, 0.1) is 6.92 Å². The number of urea groups is 1. The number of carbonyl (C=O) groups excluding carboxylic acids is 2. The first-order chi connectivity index (χ1) is 14.0. The monoisotopic (exact) mass is 392 g/mol. The second kappa shape index (κ2) is 6.43. The van der Waals surface area contributed by atoms with E-state index in [1.54, 1.807) is 11.1 Å². The highest BCUT2D eigenvalue weighted by molar-refractivity contribution is 6.05. The van der Waals surface area contributed by atoms with Crippen molar-refractivity contribution in [2.75, 3.05) is 16.0 Å². The number of fused-ring (bicyclic) bond motifs is 2. The number of aromatic nitrogens is 2. The van der Waals surface area contributed by atoms with Gasteiger partial charge in [0.25, 0.3) is 0 Å². The second-order valence-corrected chi connectivity index (χ2v) is 8.30. The zero-order valence-electron chi connectivity index (χ0n) is 16.4. The summed E-state index contributed by atoms with van der Waals surface area (Å²) in [6, 6.07) is 5.71. The summed E-state index contributed by atoms with van der Waals surface area (Å²) in [6.45, 7) is 2.37. The summed E-state index contributed by atoms with van der Waals surface area (Å²) in [7, 11) is 0. The van der Waals surface area contributed by atoms with Gasteiger partial charge in [0.05, 0.1) is 17.7 Å². The number of carbonyl (C=O) groups is 2. The Balaban J connectivity index is 1.43. The number of amides is 3. The molecule has 4 N–H and O–H groups in total. The van der Waals surface area contributed by atoms with Gasteiger partial charge in [-0.1, -0.05) is 6.07 Å². The van der Waals surface area contributed by atoms with Crippen LogP contribution in [0.5, 0.6) is 0 Å². The minimum absolute atomic E-state index is 0.0438. The minimum Gasteiger partial charge on any atom is -0.368 e. The SMILES string of the molecule is Cc1ccc(NC(=O)NC2CCC2)cc1N1Cc2cnc(N)nc2C2(CC2)C1=O. The fourth-order valence-corrected chi connectivity index (χ4v) is 4.21. The zero-order chi connectivity index (χ0) is 20.2. The highest BCUT2D eigenvalue weighted by Gasteiger charge is 2.58. The van der Waals surface area contributed by atoms with Gasteiger partial charge in [0, 0.05) is 29.2 Å². The van der Waals surface area contributed by atoms with E-state index in [9.17, 15) is 9.59 Å². The number of anilines is 3. The molecule has 150 valence electrons. The molecular formula is C21H24N6O2. The van der Waals surface area contributed by atoms with E-state index in [0.717, 1.165) is 54.6 Å². The summed E-state index contributed by atoms with van der Waals surface area (Å²) < 4.78 is 0. The second-order valence-electron chi connectivity index (χ2n) is 8.30. The van der Waals surface area contributed by atoms with Crippen molar-refractivity contribution in [3.63, 3.8) is 0 Å². The standard InChI is InChI=1S/C21H24N6O2/c1-12-5-6-15(25-20(29)24-14-3-2-4-14)9-16(12)27-11-13-10-23-19(22)26-17(13)21(7-8-21)18(27)28/h5-6,9-10,14H,2-4,7-8,11H2,1H3,(H2,22,23,26)(H2,24,25,29). The van der Waals surface area contributed by atoms with Gasteiger partial charge in [0.2, 0.25) is 11.9 Å². The van der Waals surface area contributed by atoms with Gasteiger partial charge in [-0.2, -0.15) is 0 Å². The topological polar surface area (TPSA) is 113 Å². The molecule has 5 rings (SSSR count). The van der Waals surface area contributed by atoms with Gasteiger partial charge >= 0.3 is 6.03 Å². The maximum absolute atomic E-state index is 13.4. The van der Waals surface area contributed by atoms with E-state index < -0.39 is 5.41 Å². The van der Waals surface area contributed by atoms with Crippen molar-refractivity contribution in [3.8, 4) is 0 Å². The van der Waals surface area contributed by atoms with Crippen LogP contribution in [0.4, 0.5) is 22.1 Å². The predicted octanol–water partition coefficient (Wildman–Crippen LogP) is 2.62. The highest BCUT2D eigenvalue weighted by atomic mass is 16.2. The number of benzene rings is 1. The highest BCUT2D eigenvalue weighted by Crippen LogP contribution is 2.53. The Morgan fingerprint density at radius 1 is 1.31 bits per heavy atom. The lowest BCUT2D eigenvalue weighted by molar-refractivity contribution is -0.121. The fourth-order valence-electron chi connectivity index (χ4n) is 4.21. The molecular weight excluding hydrogens is 368 g/mol. The molecule has 3 amide bonds. The molecule has 0 bridgehead atoms. The number of nitrogens with two attached hydrogens (primary N) is 1. The van der Waals surface area contributed by atoms with Crippen molar-refractivity contribution in [3.05, 3.63) is 41.2 Å². The van der Waals surface area contributed by atoms with E-state index in [-0.39, 0.29) is 23.9 Å². The molecule has 1 spiro atoms. The number of nitrogen functional groups attached to an aromatic ring is 1. The van der Waals surface area contributed by atoms with Crippen molar-refractivity contribution >= 4 is 29.3 Å². The average Bonchev–Trinajstić information content (AvgIpc) is 3.46. The Labute approximate surface area is 168 Å². The number of rotatable bonds is 3. The summed E-state index contributed by atoms with van der Waals surface area (Å²) in [5.74, 6) is 0.249. The van der Waals surface area contributed by atoms with Gasteiger partial charge < -0.3 is 21.3 Å². The van der Waals surface area contributed by atoms with Gasteiger partial charge in [-0.3, -0.25) is 4.79 Å². The van der Waals surface area contributed by atoms with Crippen LogP contribution in [-0.2, 0) is 16.8 Å². The molecule has 2 aliphatic carbocycles. The molecule has 1 aliphatic heterocycles. The summed E-state index contributed by atoms with van der Waals surface area (Å²) in [4.78, 5) is 35.9. The molecule has 0 atom stereocenters. The third-order valence-electron chi connectivity index (χ3n) is 6.27. The first-order valence-corrected chi connectivity index (χ1v) is 10.1. The molecule has 2 fully saturated rings. The maximum atomic E-state index is 13.4. The molecule has 0 unspecified atom stereocenters. The van der Waals surface area contributed by atoms with E-state index in [0.29, 0.717) is 12.2 Å². The molecule has 1 aromatic heterocycles. The Bertz CT molecular complexity index is 1010. The lowest BCUT2D eigenvalue weighted by Gasteiger charge is -2.34. The minimum atomic E-state index is -0.581. The number of aryl methyl sites for hydroxylation is 1. The van der Waals surface area contributed by atoms with Gasteiger partial charge in [-0.05, 0) is 56.7 Å². The van der Waals surface area contributed by atoms with Crippen LogP contribution >= 0.6 is 0 Å². The third kappa shape index (κ3) is 2.99. The van der Waals surface area contributed by atoms with Crippen LogP contribution in [0.3, 0.4) is 0 Å². The van der Waals surface area contributed by atoms with Crippen LogP contribution in [0.25, 0.3) is 0 Å². The summed E-state index contributed by atoms with van der Waals surface area (Å²) in [6.07, 6.45) is 6.49. The van der Waals surface area contributed by atoms with E-state index in [1.165, 1.54) is 0 Å². The predicted molar refractivity (Wildman–Crippen MR) is 110 cm³/mol. The lowest BCUT2D eigenvalue weighted by Crippen LogP contribution is -2.45. The lowest BCUT2D eigenvalue weighted by atomic mass is 9.91. The molecule has 8 nitrogen and oxygen atoms in total. The quantitative estimate of drug-likeness (QED) is 0.743. The molecule has 29 heavy (non-hydrogen) atoms. The maximum Gasteiger partial charge on any atom is 0.319 e. The average molecular weight is 392 g/mol. The molecule has 2 aromatic rings. The summed E-state index contributed by atoms with van der Waals surface area (Å²) >= 11 is 0. The van der Waals surface area contributed by atoms with Crippen LogP contribution in [0.2, 0.25) is 0 Å².